The van der Waals surface area contributed by atoms with Gasteiger partial charge in [0.25, 0.3) is 0 Å². The van der Waals surface area contributed by atoms with Gasteiger partial charge in [-0.1, -0.05) is 23.7 Å². The number of benzene rings is 2. The Balaban J connectivity index is 1.000. The molecular formula is C47H46N2O12. The van der Waals surface area contributed by atoms with Crippen molar-refractivity contribution in [1.82, 2.24) is 4.90 Å². The van der Waals surface area contributed by atoms with E-state index in [0.29, 0.717) is 41.5 Å². The highest BCUT2D eigenvalue weighted by atomic mass is 16.3. The van der Waals surface area contributed by atoms with Crippen LogP contribution in [0.2, 0.25) is 0 Å². The number of fused-ring (bicyclic) bond motifs is 6. The van der Waals surface area contributed by atoms with E-state index >= 15 is 0 Å². The Labute approximate surface area is 351 Å². The topological polar surface area (TPSA) is 247 Å². The number of unbranched alkanes of at least 4 members (excludes halogenated alkanes) is 1. The minimum atomic E-state index is -1.53. The van der Waals surface area contributed by atoms with Crippen molar-refractivity contribution in [3.63, 3.8) is 0 Å². The lowest BCUT2D eigenvalue weighted by atomic mass is 9.53. The van der Waals surface area contributed by atoms with E-state index in [1.54, 1.807) is 31.1 Å². The van der Waals surface area contributed by atoms with Gasteiger partial charge < -0.3 is 31.1 Å². The molecule has 316 valence electrons. The van der Waals surface area contributed by atoms with Gasteiger partial charge in [-0.3, -0.25) is 38.4 Å². The van der Waals surface area contributed by atoms with Gasteiger partial charge in [0.05, 0.1) is 41.1 Å². The number of rotatable bonds is 4. The first-order chi connectivity index (χ1) is 28.9. The van der Waals surface area contributed by atoms with Crippen LogP contribution < -0.4 is 5.73 Å². The molecule has 0 spiro atoms. The van der Waals surface area contributed by atoms with Gasteiger partial charge in [0.2, 0.25) is 5.91 Å². The van der Waals surface area contributed by atoms with Gasteiger partial charge >= 0.3 is 0 Å². The number of ketones is 7. The summed E-state index contributed by atoms with van der Waals surface area (Å²) in [6.45, 7) is 1.14. The number of hydrogen-bond acceptors (Lipinski definition) is 13. The lowest BCUT2D eigenvalue weighted by Gasteiger charge is -2.54. The number of aromatic hydroxyl groups is 2. The van der Waals surface area contributed by atoms with Crippen LogP contribution in [0.4, 0.5) is 0 Å². The van der Waals surface area contributed by atoms with Crippen LogP contribution >= 0.6 is 0 Å². The van der Waals surface area contributed by atoms with Crippen molar-refractivity contribution < 1.29 is 58.8 Å². The molecule has 0 heterocycles. The van der Waals surface area contributed by atoms with Crippen molar-refractivity contribution in [1.29, 1.82) is 0 Å². The Morgan fingerprint density at radius 3 is 1.82 bits per heavy atom. The average Bonchev–Trinajstić information content (AvgIpc) is 3.16. The van der Waals surface area contributed by atoms with E-state index in [-0.39, 0.29) is 48.3 Å². The summed E-state index contributed by atoms with van der Waals surface area (Å²) in [6.07, 6.45) is -1.33. The molecule has 6 aliphatic rings. The number of carbonyl (C=O) groups excluding carboxylic acids is 8. The number of primary amides is 1. The van der Waals surface area contributed by atoms with Crippen LogP contribution in [0.25, 0.3) is 0 Å². The maximum absolute atomic E-state index is 14.1. The van der Waals surface area contributed by atoms with Crippen LogP contribution in [-0.2, 0) is 41.6 Å². The molecule has 0 aromatic heterocycles. The standard InChI is InChI=1S/C47H46N2O12/c1-19(50)31-30(53)18-23-14-22-15-25-20(10-12-28(51)35(25)42(56)32(22)41(55)33(23)40(31)54)8-6-4-5-7-9-21-11-13-29(52)36-26(21)16-24-17-27-37(44(58)34(24)43(36)57)45(59)38(47(48)61)46(60)39(27)49(2)3/h10-13,22-24,27,31-34,37-39,44,46,51-52,58,60H,4-5,14-18H2,1-3H3,(H2,48,61). The highest BCUT2D eigenvalue weighted by Crippen LogP contribution is 2.52. The summed E-state index contributed by atoms with van der Waals surface area (Å²) in [6, 6.07) is 5.22. The zero-order valence-electron chi connectivity index (χ0n) is 33.8. The van der Waals surface area contributed by atoms with Gasteiger partial charge in [0, 0.05) is 42.3 Å². The van der Waals surface area contributed by atoms with Gasteiger partial charge in [-0.05, 0) is 106 Å². The lowest BCUT2D eigenvalue weighted by molar-refractivity contribution is -0.166. The number of likely N-dealkylation sites (N-methyl/N-ethyl adjacent to an activating group) is 1. The van der Waals surface area contributed by atoms with Crippen molar-refractivity contribution in [3.8, 4) is 35.2 Å². The van der Waals surface area contributed by atoms with E-state index in [0.717, 1.165) is 6.92 Å². The van der Waals surface area contributed by atoms with E-state index in [4.69, 9.17) is 5.73 Å². The number of phenols is 2. The number of phenolic OH excluding ortho intramolecular Hbond substituents is 2. The molecule has 2 aromatic rings. The first-order valence-electron chi connectivity index (χ1n) is 20.7. The summed E-state index contributed by atoms with van der Waals surface area (Å²) < 4.78 is 0. The molecule has 0 aliphatic heterocycles. The first-order valence-corrected chi connectivity index (χ1v) is 20.7. The molecule has 13 atom stereocenters. The second-order valence-corrected chi connectivity index (χ2v) is 17.9. The summed E-state index contributed by atoms with van der Waals surface area (Å²) >= 11 is 0. The fraction of sp³-hybridized carbons (Fsp3) is 0.489. The second-order valence-electron chi connectivity index (χ2n) is 17.9. The highest BCUT2D eigenvalue weighted by Gasteiger charge is 2.61. The maximum atomic E-state index is 14.1. The summed E-state index contributed by atoms with van der Waals surface area (Å²) in [5, 5.41) is 44.5. The molecule has 4 fully saturated rings. The third kappa shape index (κ3) is 6.63. The minimum Gasteiger partial charge on any atom is -0.507 e. The number of nitrogens with zero attached hydrogens (tertiary/aromatic N) is 1. The van der Waals surface area contributed by atoms with Crippen LogP contribution in [0, 0.1) is 82.9 Å². The zero-order valence-corrected chi connectivity index (χ0v) is 33.8. The number of Topliss-reactive ketones (excluding diaryl/α,β-unsaturated/α-hetero) is 7. The Morgan fingerprint density at radius 2 is 1.26 bits per heavy atom. The maximum Gasteiger partial charge on any atom is 0.230 e. The molecule has 8 rings (SSSR count). The minimum absolute atomic E-state index is 0.0182. The molecule has 14 heteroatoms. The van der Waals surface area contributed by atoms with Crippen molar-refractivity contribution in [2.24, 2.45) is 64.9 Å². The molecule has 61 heavy (non-hydrogen) atoms. The molecular weight excluding hydrogens is 785 g/mol. The number of aliphatic hydroxyl groups is 2. The molecule has 6 N–H and O–H groups in total. The third-order valence-electron chi connectivity index (χ3n) is 14.3. The number of aliphatic hydroxyl groups excluding tert-OH is 2. The van der Waals surface area contributed by atoms with E-state index in [1.165, 1.54) is 12.1 Å². The third-order valence-corrected chi connectivity index (χ3v) is 14.3. The molecule has 14 nitrogen and oxygen atoms in total. The Bertz CT molecular complexity index is 2480. The SMILES string of the molecule is CC(=O)C1C(=O)CC2CC3Cc4c(C#CCCC#Cc5ccc(O)c6c5CC5CC7C(C(=O)C(C(N)=O)C(O)C7N(C)C)C(O)C5C6=O)ccc(O)c4C(=O)C3C(=O)C2C1=O. The Kier molecular flexibility index (Phi) is 10.7. The van der Waals surface area contributed by atoms with Crippen LogP contribution in [0.5, 0.6) is 11.5 Å². The van der Waals surface area contributed by atoms with Crippen LogP contribution in [0.3, 0.4) is 0 Å². The van der Waals surface area contributed by atoms with E-state index in [9.17, 15) is 58.8 Å². The average molecular weight is 831 g/mol. The molecule has 0 bridgehead atoms. The molecule has 4 saturated carbocycles. The van der Waals surface area contributed by atoms with Gasteiger partial charge in [-0.25, -0.2) is 0 Å². The second kappa shape index (κ2) is 15.6. The Morgan fingerprint density at radius 1 is 0.705 bits per heavy atom. The first kappa shape index (κ1) is 41.9. The largest absolute Gasteiger partial charge is 0.507 e. The molecule has 6 aliphatic carbocycles. The highest BCUT2D eigenvalue weighted by molar-refractivity contribution is 6.28. The number of hydrogen-bond donors (Lipinski definition) is 5. The van der Waals surface area contributed by atoms with Crippen LogP contribution in [-0.4, -0.2) is 104 Å². The van der Waals surface area contributed by atoms with Crippen molar-refractivity contribution in [2.75, 3.05) is 14.1 Å². The fourth-order valence-electron chi connectivity index (χ4n) is 11.9. The van der Waals surface area contributed by atoms with E-state index < -0.39 is 124 Å². The molecule has 1 amide bonds. The monoisotopic (exact) mass is 830 g/mol. The van der Waals surface area contributed by atoms with E-state index in [2.05, 4.69) is 23.7 Å². The van der Waals surface area contributed by atoms with Gasteiger partial charge in [0.15, 0.2) is 34.7 Å². The number of amides is 1. The fourth-order valence-corrected chi connectivity index (χ4v) is 11.9. The van der Waals surface area contributed by atoms with Crippen LogP contribution in [0.1, 0.15) is 82.0 Å². The van der Waals surface area contributed by atoms with Gasteiger partial charge in [0.1, 0.15) is 29.1 Å². The molecule has 0 saturated heterocycles. The van der Waals surface area contributed by atoms with E-state index in [1.807, 2.05) is 0 Å². The smallest absolute Gasteiger partial charge is 0.230 e. The number of nitrogens with two attached hydrogens (primary N) is 1. The lowest BCUT2D eigenvalue weighted by Crippen LogP contribution is -2.67. The molecule has 2 aromatic carbocycles. The summed E-state index contributed by atoms with van der Waals surface area (Å²) in [5.74, 6) is -3.22. The van der Waals surface area contributed by atoms with Crippen molar-refractivity contribution in [2.45, 2.75) is 70.1 Å². The summed E-state index contributed by atoms with van der Waals surface area (Å²) in [4.78, 5) is 107. The predicted octanol–water partition coefficient (Wildman–Crippen LogP) is 1.15. The molecule has 13 unspecified atom stereocenters. The Hall–Kier alpha value is -5.80. The van der Waals surface area contributed by atoms with Crippen molar-refractivity contribution >= 4 is 46.4 Å². The normalized spacial score (nSPS) is 33.7. The van der Waals surface area contributed by atoms with Crippen LogP contribution in [0.15, 0.2) is 24.3 Å². The van der Waals surface area contributed by atoms with Crippen molar-refractivity contribution in [3.05, 3.63) is 57.6 Å². The quantitative estimate of drug-likeness (QED) is 0.165. The predicted molar refractivity (Wildman–Crippen MR) is 213 cm³/mol. The zero-order chi connectivity index (χ0) is 43.9. The van der Waals surface area contributed by atoms with Gasteiger partial charge in [-0.2, -0.15) is 0 Å². The summed E-state index contributed by atoms with van der Waals surface area (Å²) in [7, 11) is 3.41. The summed E-state index contributed by atoms with van der Waals surface area (Å²) in [5.41, 5.74) is 7.53. The van der Waals surface area contributed by atoms with Gasteiger partial charge in [-0.15, -0.1) is 0 Å². The molecule has 0 radical (unpaired) electrons. The number of carbonyl (C=O) groups is 8.